The van der Waals surface area contributed by atoms with E-state index in [-0.39, 0.29) is 18.6 Å². The highest BCUT2D eigenvalue weighted by atomic mass is 16.5. The maximum absolute atomic E-state index is 12.3. The zero-order valence-corrected chi connectivity index (χ0v) is 15.9. The van der Waals surface area contributed by atoms with E-state index in [1.165, 1.54) is 25.7 Å². The summed E-state index contributed by atoms with van der Waals surface area (Å²) in [5.41, 5.74) is 1.88. The Morgan fingerprint density at radius 1 is 1.33 bits per heavy atom. The summed E-state index contributed by atoms with van der Waals surface area (Å²) in [5.74, 6) is 1.39. The lowest BCUT2D eigenvalue weighted by molar-refractivity contribution is -0.125. The molecule has 4 unspecified atom stereocenters. The number of rotatable bonds is 6. The zero-order valence-electron chi connectivity index (χ0n) is 15.9. The Bertz CT molecular complexity index is 862. The largest absolute Gasteiger partial charge is 0.452 e. The van der Waals surface area contributed by atoms with Crippen LogP contribution in [0.5, 0.6) is 0 Å². The van der Waals surface area contributed by atoms with Crippen molar-refractivity contribution in [1.29, 1.82) is 0 Å². The molecule has 7 nitrogen and oxygen atoms in total. The van der Waals surface area contributed by atoms with Crippen LogP contribution >= 0.6 is 0 Å². The van der Waals surface area contributed by atoms with E-state index in [9.17, 15) is 9.59 Å². The molecule has 2 aliphatic carbocycles. The van der Waals surface area contributed by atoms with Gasteiger partial charge >= 0.3 is 5.97 Å². The molecule has 2 fully saturated rings. The van der Waals surface area contributed by atoms with Crippen LogP contribution < -0.4 is 5.32 Å². The number of amides is 1. The second kappa shape index (κ2) is 7.29. The van der Waals surface area contributed by atoms with E-state index < -0.39 is 5.97 Å². The van der Waals surface area contributed by atoms with Crippen LogP contribution in [0.1, 0.15) is 49.9 Å². The van der Waals surface area contributed by atoms with Gasteiger partial charge < -0.3 is 10.1 Å². The molecule has 1 aromatic heterocycles. The van der Waals surface area contributed by atoms with Gasteiger partial charge in [-0.1, -0.05) is 11.6 Å². The Hall–Kier alpha value is -2.44. The number of ether oxygens (including phenoxy) is 1. The van der Waals surface area contributed by atoms with Crippen LogP contribution in [0.4, 0.5) is 0 Å². The summed E-state index contributed by atoms with van der Waals surface area (Å²) >= 11 is 0. The van der Waals surface area contributed by atoms with Gasteiger partial charge in [0.05, 0.1) is 11.1 Å². The van der Waals surface area contributed by atoms with E-state index in [1.807, 2.05) is 6.92 Å². The van der Waals surface area contributed by atoms with Crippen molar-refractivity contribution in [1.82, 2.24) is 20.3 Å². The van der Waals surface area contributed by atoms with E-state index in [0.717, 1.165) is 17.4 Å². The molecule has 2 aromatic rings. The van der Waals surface area contributed by atoms with Crippen LogP contribution in [0.25, 0.3) is 11.0 Å². The Morgan fingerprint density at radius 3 is 2.89 bits per heavy atom. The predicted octanol–water partition coefficient (Wildman–Crippen LogP) is 2.55. The molecule has 4 rings (SSSR count). The predicted molar refractivity (Wildman–Crippen MR) is 100 cm³/mol. The lowest BCUT2D eigenvalue weighted by Crippen LogP contribution is -2.42. The van der Waals surface area contributed by atoms with Crippen molar-refractivity contribution in [2.24, 2.45) is 17.8 Å². The summed E-state index contributed by atoms with van der Waals surface area (Å²) in [6, 6.07) is 5.25. The summed E-state index contributed by atoms with van der Waals surface area (Å²) < 4.78 is 6.95. The number of nitrogens with one attached hydrogen (secondary N) is 1. The minimum Gasteiger partial charge on any atom is -0.452 e. The van der Waals surface area contributed by atoms with Crippen molar-refractivity contribution in [3.05, 3.63) is 23.8 Å². The minimum absolute atomic E-state index is 0.131. The van der Waals surface area contributed by atoms with Crippen LogP contribution in [-0.2, 0) is 16.1 Å². The fourth-order valence-corrected chi connectivity index (χ4v) is 4.86. The molecule has 2 saturated carbocycles. The molecule has 0 radical (unpaired) electrons. The quantitative estimate of drug-likeness (QED) is 0.790. The SMILES string of the molecule is CCn1nnc2cc(C(=O)OCC(=O)NC(C)C3CC4CCC3C4)ccc21. The first-order valence-electron chi connectivity index (χ1n) is 9.85. The van der Waals surface area contributed by atoms with Gasteiger partial charge in [0.25, 0.3) is 5.91 Å². The van der Waals surface area contributed by atoms with Gasteiger partial charge in [-0.15, -0.1) is 5.10 Å². The van der Waals surface area contributed by atoms with Gasteiger partial charge in [0.15, 0.2) is 6.61 Å². The highest BCUT2D eigenvalue weighted by Gasteiger charge is 2.42. The van der Waals surface area contributed by atoms with E-state index in [0.29, 0.717) is 23.5 Å². The first-order valence-corrected chi connectivity index (χ1v) is 9.85. The van der Waals surface area contributed by atoms with Crippen LogP contribution in [0.15, 0.2) is 18.2 Å². The fraction of sp³-hybridized carbons (Fsp3) is 0.600. The lowest BCUT2D eigenvalue weighted by Gasteiger charge is -2.28. The third kappa shape index (κ3) is 3.55. The lowest BCUT2D eigenvalue weighted by atomic mass is 9.84. The van der Waals surface area contributed by atoms with E-state index >= 15 is 0 Å². The Labute approximate surface area is 158 Å². The molecular formula is C20H26N4O3. The summed E-state index contributed by atoms with van der Waals surface area (Å²) in [6.07, 6.45) is 5.15. The van der Waals surface area contributed by atoms with E-state index in [2.05, 4.69) is 22.6 Å². The van der Waals surface area contributed by atoms with Gasteiger partial charge in [0.1, 0.15) is 5.52 Å². The Balaban J connectivity index is 1.30. The molecule has 0 aliphatic heterocycles. The van der Waals surface area contributed by atoms with Crippen molar-refractivity contribution in [3.8, 4) is 0 Å². The smallest absolute Gasteiger partial charge is 0.338 e. The number of aromatic nitrogens is 3. The molecular weight excluding hydrogens is 344 g/mol. The van der Waals surface area contributed by atoms with Crippen molar-refractivity contribution < 1.29 is 14.3 Å². The van der Waals surface area contributed by atoms with Gasteiger partial charge in [-0.3, -0.25) is 4.79 Å². The van der Waals surface area contributed by atoms with Crippen molar-refractivity contribution in [3.63, 3.8) is 0 Å². The number of esters is 1. The highest BCUT2D eigenvalue weighted by molar-refractivity contribution is 5.94. The van der Waals surface area contributed by atoms with Crippen molar-refractivity contribution in [2.45, 2.75) is 52.1 Å². The van der Waals surface area contributed by atoms with E-state index in [1.54, 1.807) is 22.9 Å². The number of carbonyl (C=O) groups excluding carboxylic acids is 2. The van der Waals surface area contributed by atoms with Crippen molar-refractivity contribution >= 4 is 22.9 Å². The number of benzene rings is 1. The highest BCUT2D eigenvalue weighted by Crippen LogP contribution is 2.49. The molecule has 1 amide bonds. The fourth-order valence-electron chi connectivity index (χ4n) is 4.86. The molecule has 2 aliphatic rings. The van der Waals surface area contributed by atoms with Gasteiger partial charge in [-0.2, -0.15) is 0 Å². The Morgan fingerprint density at radius 2 is 2.19 bits per heavy atom. The number of carbonyl (C=O) groups is 2. The van der Waals surface area contributed by atoms with E-state index in [4.69, 9.17) is 4.74 Å². The number of aryl methyl sites for hydroxylation is 1. The molecule has 144 valence electrons. The van der Waals surface area contributed by atoms with Gasteiger partial charge in [-0.05, 0) is 69.1 Å². The molecule has 0 spiro atoms. The minimum atomic E-state index is -0.523. The number of hydrogen-bond donors (Lipinski definition) is 1. The van der Waals surface area contributed by atoms with Gasteiger partial charge in [0, 0.05) is 12.6 Å². The summed E-state index contributed by atoms with van der Waals surface area (Å²) in [7, 11) is 0. The maximum Gasteiger partial charge on any atom is 0.338 e. The molecule has 27 heavy (non-hydrogen) atoms. The normalized spacial score (nSPS) is 24.9. The maximum atomic E-state index is 12.3. The zero-order chi connectivity index (χ0) is 19.0. The van der Waals surface area contributed by atoms with Gasteiger partial charge in [-0.25, -0.2) is 9.48 Å². The molecule has 1 aromatic carbocycles. The molecule has 1 heterocycles. The van der Waals surface area contributed by atoms with Crippen molar-refractivity contribution in [2.75, 3.05) is 6.61 Å². The van der Waals surface area contributed by atoms with Crippen LogP contribution in [-0.4, -0.2) is 39.5 Å². The summed E-state index contributed by atoms with van der Waals surface area (Å²) in [6.45, 7) is 4.49. The average Bonchev–Trinajstić information content (AvgIpc) is 3.40. The third-order valence-corrected chi connectivity index (χ3v) is 6.21. The molecule has 7 heteroatoms. The Kier molecular flexibility index (Phi) is 4.85. The standard InChI is InChI=1S/C20H26N4O3/c1-3-24-18-7-6-15(10-17(18)22-23-24)20(26)27-11-19(25)21-12(2)16-9-13-4-5-14(16)8-13/h6-7,10,12-14,16H,3-5,8-9,11H2,1-2H3,(H,21,25). The summed E-state index contributed by atoms with van der Waals surface area (Å²) in [4.78, 5) is 24.5. The third-order valence-electron chi connectivity index (χ3n) is 6.21. The monoisotopic (exact) mass is 370 g/mol. The first-order chi connectivity index (χ1) is 13.0. The molecule has 0 saturated heterocycles. The topological polar surface area (TPSA) is 86.1 Å². The number of hydrogen-bond acceptors (Lipinski definition) is 5. The first kappa shape index (κ1) is 17.9. The number of nitrogens with zero attached hydrogens (tertiary/aromatic N) is 3. The van der Waals surface area contributed by atoms with Crippen LogP contribution in [0, 0.1) is 17.8 Å². The van der Waals surface area contributed by atoms with Crippen LogP contribution in [0.3, 0.4) is 0 Å². The summed E-state index contributed by atoms with van der Waals surface area (Å²) in [5, 5.41) is 11.1. The molecule has 2 bridgehead atoms. The van der Waals surface area contributed by atoms with Gasteiger partial charge in [0.2, 0.25) is 0 Å². The molecule has 4 atom stereocenters. The second-order valence-corrected chi connectivity index (χ2v) is 7.88. The molecule has 1 N–H and O–H groups in total. The van der Waals surface area contributed by atoms with Crippen LogP contribution in [0.2, 0.25) is 0 Å². The second-order valence-electron chi connectivity index (χ2n) is 7.88. The number of fused-ring (bicyclic) bond motifs is 3. The average molecular weight is 370 g/mol.